The molecule has 1 fully saturated rings. The lowest BCUT2D eigenvalue weighted by Crippen LogP contribution is -2.18. The Bertz CT molecular complexity index is 704. The Labute approximate surface area is 129 Å². The molecule has 4 heteroatoms. The van der Waals surface area contributed by atoms with Gasteiger partial charge in [-0.2, -0.15) is 0 Å². The van der Waals surface area contributed by atoms with Crippen molar-refractivity contribution in [2.45, 2.75) is 19.8 Å². The molecular formula is C18H18F2N2. The standard InChI is InChI=1S/C18H18F2N2/c1-13-10-15(5-6-16(13)19)21-12-14-4-7-18(17(20)11-14)22-8-2-3-9-22/h4-7,10-12H,2-3,8-9H2,1H3. The van der Waals surface area contributed by atoms with E-state index in [0.717, 1.165) is 25.9 Å². The van der Waals surface area contributed by atoms with Gasteiger partial charge >= 0.3 is 0 Å². The number of halogens is 2. The molecule has 0 bridgehead atoms. The Hall–Kier alpha value is -2.23. The predicted octanol–water partition coefficient (Wildman–Crippen LogP) is 4.62. The van der Waals surface area contributed by atoms with Crippen LogP contribution in [0.1, 0.15) is 24.0 Å². The van der Waals surface area contributed by atoms with E-state index in [2.05, 4.69) is 9.89 Å². The van der Waals surface area contributed by atoms with Gasteiger partial charge in [0.2, 0.25) is 0 Å². The van der Waals surface area contributed by atoms with Gasteiger partial charge in [0.25, 0.3) is 0 Å². The third kappa shape index (κ3) is 3.16. The Kier molecular flexibility index (Phi) is 4.18. The summed E-state index contributed by atoms with van der Waals surface area (Å²) in [6.45, 7) is 3.53. The van der Waals surface area contributed by atoms with E-state index in [1.165, 1.54) is 12.1 Å². The van der Waals surface area contributed by atoms with Crippen molar-refractivity contribution in [3.8, 4) is 0 Å². The van der Waals surface area contributed by atoms with Crippen LogP contribution in [-0.2, 0) is 0 Å². The maximum absolute atomic E-state index is 14.2. The second-order valence-electron chi connectivity index (χ2n) is 5.60. The molecule has 2 aromatic carbocycles. The van der Waals surface area contributed by atoms with Crippen molar-refractivity contribution in [1.82, 2.24) is 0 Å². The molecule has 0 aliphatic carbocycles. The second kappa shape index (κ2) is 6.26. The molecule has 0 radical (unpaired) electrons. The van der Waals surface area contributed by atoms with Gasteiger partial charge in [-0.15, -0.1) is 0 Å². The Morgan fingerprint density at radius 1 is 1.00 bits per heavy atom. The molecule has 22 heavy (non-hydrogen) atoms. The normalized spacial score (nSPS) is 15.0. The fraction of sp³-hybridized carbons (Fsp3) is 0.278. The van der Waals surface area contributed by atoms with E-state index in [-0.39, 0.29) is 11.6 Å². The van der Waals surface area contributed by atoms with Crippen LogP contribution in [0.4, 0.5) is 20.2 Å². The van der Waals surface area contributed by atoms with Crippen molar-refractivity contribution >= 4 is 17.6 Å². The molecule has 1 saturated heterocycles. The molecule has 0 N–H and O–H groups in total. The summed E-state index contributed by atoms with van der Waals surface area (Å²) in [7, 11) is 0. The van der Waals surface area contributed by atoms with E-state index in [0.29, 0.717) is 22.5 Å². The molecule has 0 amide bonds. The van der Waals surface area contributed by atoms with Gasteiger partial charge in [0.05, 0.1) is 11.4 Å². The first-order valence-corrected chi connectivity index (χ1v) is 7.48. The molecule has 0 saturated carbocycles. The van der Waals surface area contributed by atoms with E-state index in [9.17, 15) is 8.78 Å². The zero-order chi connectivity index (χ0) is 15.5. The van der Waals surface area contributed by atoms with Gasteiger partial charge in [0, 0.05) is 19.3 Å². The fourth-order valence-electron chi connectivity index (χ4n) is 2.68. The van der Waals surface area contributed by atoms with Gasteiger partial charge in [-0.05, 0) is 61.2 Å². The van der Waals surface area contributed by atoms with Gasteiger partial charge in [0.1, 0.15) is 11.6 Å². The van der Waals surface area contributed by atoms with Gasteiger partial charge in [-0.1, -0.05) is 6.07 Å². The van der Waals surface area contributed by atoms with E-state index in [4.69, 9.17) is 0 Å². The average Bonchev–Trinajstić information content (AvgIpc) is 3.02. The fourth-order valence-corrected chi connectivity index (χ4v) is 2.68. The summed E-state index contributed by atoms with van der Waals surface area (Å²) in [5, 5.41) is 0. The maximum Gasteiger partial charge on any atom is 0.147 e. The zero-order valence-electron chi connectivity index (χ0n) is 12.5. The number of hydrogen-bond acceptors (Lipinski definition) is 2. The molecule has 1 heterocycles. The van der Waals surface area contributed by atoms with Gasteiger partial charge in [-0.25, -0.2) is 8.78 Å². The summed E-state index contributed by atoms with van der Waals surface area (Å²) in [4.78, 5) is 6.34. The van der Waals surface area contributed by atoms with Crippen LogP contribution in [0.2, 0.25) is 0 Å². The number of rotatable bonds is 3. The van der Waals surface area contributed by atoms with Crippen molar-refractivity contribution in [3.05, 3.63) is 59.2 Å². The van der Waals surface area contributed by atoms with Crippen molar-refractivity contribution in [2.75, 3.05) is 18.0 Å². The molecule has 0 unspecified atom stereocenters. The molecule has 0 spiro atoms. The molecule has 1 aliphatic heterocycles. The summed E-state index contributed by atoms with van der Waals surface area (Å²) >= 11 is 0. The zero-order valence-corrected chi connectivity index (χ0v) is 12.5. The number of aliphatic imine (C=N–C) groups is 1. The maximum atomic E-state index is 14.2. The average molecular weight is 300 g/mol. The highest BCUT2D eigenvalue weighted by atomic mass is 19.1. The Morgan fingerprint density at radius 2 is 1.77 bits per heavy atom. The molecule has 2 aromatic rings. The highest BCUT2D eigenvalue weighted by molar-refractivity contribution is 5.82. The Morgan fingerprint density at radius 3 is 2.45 bits per heavy atom. The van der Waals surface area contributed by atoms with Crippen molar-refractivity contribution < 1.29 is 8.78 Å². The van der Waals surface area contributed by atoms with Crippen LogP contribution in [0.3, 0.4) is 0 Å². The third-order valence-electron chi connectivity index (χ3n) is 3.92. The van der Waals surface area contributed by atoms with Crippen molar-refractivity contribution in [2.24, 2.45) is 4.99 Å². The van der Waals surface area contributed by atoms with E-state index in [1.807, 2.05) is 6.07 Å². The van der Waals surface area contributed by atoms with Crippen LogP contribution in [-0.4, -0.2) is 19.3 Å². The third-order valence-corrected chi connectivity index (χ3v) is 3.92. The van der Waals surface area contributed by atoms with Gasteiger partial charge in [0.15, 0.2) is 0 Å². The van der Waals surface area contributed by atoms with Crippen molar-refractivity contribution in [1.29, 1.82) is 0 Å². The summed E-state index contributed by atoms with van der Waals surface area (Å²) < 4.78 is 27.4. The lowest BCUT2D eigenvalue weighted by Gasteiger charge is -2.18. The highest BCUT2D eigenvalue weighted by Crippen LogP contribution is 2.24. The largest absolute Gasteiger partial charge is 0.369 e. The summed E-state index contributed by atoms with van der Waals surface area (Å²) in [6, 6.07) is 9.82. The number of benzene rings is 2. The minimum absolute atomic E-state index is 0.221. The van der Waals surface area contributed by atoms with Crippen LogP contribution in [0.5, 0.6) is 0 Å². The van der Waals surface area contributed by atoms with Crippen LogP contribution < -0.4 is 4.90 Å². The van der Waals surface area contributed by atoms with E-state index in [1.54, 1.807) is 31.3 Å². The quantitative estimate of drug-likeness (QED) is 0.755. The van der Waals surface area contributed by atoms with Crippen LogP contribution in [0.15, 0.2) is 41.4 Å². The molecular weight excluding hydrogens is 282 g/mol. The lowest BCUT2D eigenvalue weighted by molar-refractivity contribution is 0.618. The number of hydrogen-bond donors (Lipinski definition) is 0. The van der Waals surface area contributed by atoms with E-state index >= 15 is 0 Å². The minimum atomic E-state index is -0.250. The van der Waals surface area contributed by atoms with Gasteiger partial charge < -0.3 is 4.90 Å². The number of nitrogens with zero attached hydrogens (tertiary/aromatic N) is 2. The monoisotopic (exact) mass is 300 g/mol. The molecule has 0 aromatic heterocycles. The molecule has 3 rings (SSSR count). The number of anilines is 1. The van der Waals surface area contributed by atoms with Crippen LogP contribution >= 0.6 is 0 Å². The van der Waals surface area contributed by atoms with Crippen LogP contribution in [0.25, 0.3) is 0 Å². The first kappa shape index (κ1) is 14.7. The SMILES string of the molecule is Cc1cc(N=Cc2ccc(N3CCCC3)c(F)c2)ccc1F. The summed E-state index contributed by atoms with van der Waals surface area (Å²) in [5.74, 6) is -0.471. The molecule has 0 atom stereocenters. The summed E-state index contributed by atoms with van der Waals surface area (Å²) in [6.07, 6.45) is 3.84. The van der Waals surface area contributed by atoms with Crippen molar-refractivity contribution in [3.63, 3.8) is 0 Å². The second-order valence-corrected chi connectivity index (χ2v) is 5.60. The molecule has 1 aliphatic rings. The predicted molar refractivity (Wildman–Crippen MR) is 86.2 cm³/mol. The first-order valence-electron chi connectivity index (χ1n) is 7.48. The highest BCUT2D eigenvalue weighted by Gasteiger charge is 2.15. The smallest absolute Gasteiger partial charge is 0.147 e. The molecule has 2 nitrogen and oxygen atoms in total. The van der Waals surface area contributed by atoms with Gasteiger partial charge in [-0.3, -0.25) is 4.99 Å². The molecule has 114 valence electrons. The van der Waals surface area contributed by atoms with Crippen LogP contribution in [0, 0.1) is 18.6 Å². The topological polar surface area (TPSA) is 15.6 Å². The summed E-state index contributed by atoms with van der Waals surface area (Å²) in [5.41, 5.74) is 2.56. The number of aryl methyl sites for hydroxylation is 1. The van der Waals surface area contributed by atoms with E-state index < -0.39 is 0 Å². The lowest BCUT2D eigenvalue weighted by atomic mass is 10.2. The first-order chi connectivity index (χ1) is 10.6. The minimum Gasteiger partial charge on any atom is -0.369 e. The Balaban J connectivity index is 1.78.